The maximum atomic E-state index is 11.3. The van der Waals surface area contributed by atoms with Crippen molar-refractivity contribution in [3.63, 3.8) is 0 Å². The molecule has 0 aliphatic heterocycles. The molecule has 2 aromatic heterocycles. The Bertz CT molecular complexity index is 562. The van der Waals surface area contributed by atoms with Crippen LogP contribution in [0.5, 0.6) is 0 Å². The molecule has 2 aromatic rings. The molecule has 0 spiro atoms. The van der Waals surface area contributed by atoms with E-state index in [1.165, 1.54) is 18.4 Å². The first-order valence-corrected chi connectivity index (χ1v) is 5.66. The molecule has 0 saturated carbocycles. The van der Waals surface area contributed by atoms with Crippen molar-refractivity contribution >= 4 is 23.6 Å². The molecule has 4 nitrogen and oxygen atoms in total. The predicted octanol–water partition coefficient (Wildman–Crippen LogP) is 2.41. The van der Waals surface area contributed by atoms with Gasteiger partial charge in [-0.05, 0) is 29.8 Å². The molecule has 0 amide bonds. The Balaban J connectivity index is 2.39. The molecule has 0 aromatic carbocycles. The number of aromatic nitrogens is 1. The number of carbonyl (C=O) groups excluding carboxylic acids is 2. The van der Waals surface area contributed by atoms with E-state index >= 15 is 0 Å². The number of hydrogen-bond acceptors (Lipinski definition) is 5. The van der Waals surface area contributed by atoms with E-state index in [-0.39, 0.29) is 5.69 Å². The van der Waals surface area contributed by atoms with Crippen LogP contribution in [-0.4, -0.2) is 24.3 Å². The summed E-state index contributed by atoms with van der Waals surface area (Å²) in [6, 6.07) is 7.01. The minimum Gasteiger partial charge on any atom is -0.464 e. The molecule has 0 unspecified atom stereocenters. The summed E-state index contributed by atoms with van der Waals surface area (Å²) >= 11 is 1.37. The van der Waals surface area contributed by atoms with Crippen LogP contribution >= 0.6 is 11.3 Å². The van der Waals surface area contributed by atoms with Gasteiger partial charge >= 0.3 is 5.97 Å². The largest absolute Gasteiger partial charge is 0.464 e. The first kappa shape index (κ1) is 11.5. The summed E-state index contributed by atoms with van der Waals surface area (Å²) < 4.78 is 4.60. The van der Waals surface area contributed by atoms with Gasteiger partial charge in [0, 0.05) is 11.1 Å². The van der Waals surface area contributed by atoms with Gasteiger partial charge in [-0.1, -0.05) is 0 Å². The van der Waals surface area contributed by atoms with Gasteiger partial charge in [0.15, 0.2) is 6.29 Å². The number of ether oxygens (including phenoxy) is 1. The number of nitrogens with zero attached hydrogens (tertiary/aromatic N) is 1. The van der Waals surface area contributed by atoms with E-state index in [1.807, 2.05) is 6.07 Å². The van der Waals surface area contributed by atoms with Crippen LogP contribution in [0.1, 0.15) is 20.2 Å². The third kappa shape index (κ3) is 2.39. The molecule has 0 atom stereocenters. The molecule has 0 aliphatic carbocycles. The SMILES string of the molecule is COC(=O)c1cc(-c2ccc(C=O)s2)ccn1. The monoisotopic (exact) mass is 247 g/mol. The zero-order chi connectivity index (χ0) is 12.3. The fraction of sp³-hybridized carbons (Fsp3) is 0.0833. The maximum absolute atomic E-state index is 11.3. The van der Waals surface area contributed by atoms with Crippen LogP contribution < -0.4 is 0 Å². The number of thiophene rings is 1. The maximum Gasteiger partial charge on any atom is 0.356 e. The van der Waals surface area contributed by atoms with Gasteiger partial charge < -0.3 is 4.74 Å². The third-order valence-corrected chi connectivity index (χ3v) is 3.24. The Morgan fingerprint density at radius 2 is 2.24 bits per heavy atom. The van der Waals surface area contributed by atoms with Gasteiger partial charge in [-0.2, -0.15) is 0 Å². The van der Waals surface area contributed by atoms with Crippen molar-refractivity contribution in [3.05, 3.63) is 41.0 Å². The highest BCUT2D eigenvalue weighted by molar-refractivity contribution is 7.17. The van der Waals surface area contributed by atoms with E-state index in [4.69, 9.17) is 0 Å². The Morgan fingerprint density at radius 1 is 1.41 bits per heavy atom. The lowest BCUT2D eigenvalue weighted by atomic mass is 10.2. The standard InChI is InChI=1S/C12H9NO3S/c1-16-12(15)10-6-8(4-5-13-10)11-3-2-9(7-14)17-11/h2-7H,1H3. The van der Waals surface area contributed by atoms with Crippen molar-refractivity contribution in [2.24, 2.45) is 0 Å². The molecular formula is C12H9NO3S. The number of aldehydes is 1. The van der Waals surface area contributed by atoms with Crippen molar-refractivity contribution < 1.29 is 14.3 Å². The third-order valence-electron chi connectivity index (χ3n) is 2.18. The second-order valence-corrected chi connectivity index (χ2v) is 4.36. The lowest BCUT2D eigenvalue weighted by Gasteiger charge is -2.00. The van der Waals surface area contributed by atoms with Crippen LogP contribution in [0.4, 0.5) is 0 Å². The number of carbonyl (C=O) groups is 2. The van der Waals surface area contributed by atoms with E-state index in [2.05, 4.69) is 9.72 Å². The molecule has 5 heteroatoms. The quantitative estimate of drug-likeness (QED) is 0.617. The molecule has 17 heavy (non-hydrogen) atoms. The molecule has 2 rings (SSSR count). The van der Waals surface area contributed by atoms with Gasteiger partial charge in [-0.25, -0.2) is 9.78 Å². The number of rotatable bonds is 3. The topological polar surface area (TPSA) is 56.3 Å². The van der Waals surface area contributed by atoms with E-state index in [1.54, 1.807) is 24.4 Å². The predicted molar refractivity (Wildman–Crippen MR) is 64.3 cm³/mol. The zero-order valence-corrected chi connectivity index (χ0v) is 9.86. The van der Waals surface area contributed by atoms with Crippen LogP contribution in [0.3, 0.4) is 0 Å². The van der Waals surface area contributed by atoms with E-state index in [0.29, 0.717) is 4.88 Å². The average molecular weight is 247 g/mol. The van der Waals surface area contributed by atoms with Crippen molar-refractivity contribution in [2.75, 3.05) is 7.11 Å². The lowest BCUT2D eigenvalue weighted by Crippen LogP contribution is -2.03. The molecule has 0 bridgehead atoms. The summed E-state index contributed by atoms with van der Waals surface area (Å²) in [7, 11) is 1.31. The Morgan fingerprint density at radius 3 is 2.88 bits per heavy atom. The normalized spacial score (nSPS) is 9.94. The van der Waals surface area contributed by atoms with Crippen molar-refractivity contribution in [1.82, 2.24) is 4.98 Å². The summed E-state index contributed by atoms with van der Waals surface area (Å²) in [6.07, 6.45) is 2.35. The molecule has 86 valence electrons. The molecule has 0 aliphatic rings. The second kappa shape index (κ2) is 4.88. The average Bonchev–Trinajstić information content (AvgIpc) is 2.86. The van der Waals surface area contributed by atoms with E-state index in [9.17, 15) is 9.59 Å². The van der Waals surface area contributed by atoms with E-state index in [0.717, 1.165) is 16.7 Å². The zero-order valence-electron chi connectivity index (χ0n) is 9.04. The first-order chi connectivity index (χ1) is 8.24. The fourth-order valence-electron chi connectivity index (χ4n) is 1.37. The number of methoxy groups -OCH3 is 1. The summed E-state index contributed by atoms with van der Waals surface area (Å²) in [4.78, 5) is 27.4. The smallest absolute Gasteiger partial charge is 0.356 e. The van der Waals surface area contributed by atoms with E-state index < -0.39 is 5.97 Å². The highest BCUT2D eigenvalue weighted by Crippen LogP contribution is 2.27. The minimum absolute atomic E-state index is 0.256. The Labute approximate surface area is 102 Å². The van der Waals surface area contributed by atoms with Crippen LogP contribution in [-0.2, 0) is 4.74 Å². The van der Waals surface area contributed by atoms with Gasteiger partial charge in [-0.15, -0.1) is 11.3 Å². The van der Waals surface area contributed by atoms with Gasteiger partial charge in [0.05, 0.1) is 12.0 Å². The summed E-state index contributed by atoms with van der Waals surface area (Å²) in [5.74, 6) is -0.473. The summed E-state index contributed by atoms with van der Waals surface area (Å²) in [6.45, 7) is 0. The highest BCUT2D eigenvalue weighted by atomic mass is 32.1. The van der Waals surface area contributed by atoms with Crippen LogP contribution in [0, 0.1) is 0 Å². The number of hydrogen-bond donors (Lipinski definition) is 0. The summed E-state index contributed by atoms with van der Waals surface area (Å²) in [5.41, 5.74) is 1.10. The van der Waals surface area contributed by atoms with Gasteiger partial charge in [0.2, 0.25) is 0 Å². The van der Waals surface area contributed by atoms with Crippen LogP contribution in [0.2, 0.25) is 0 Å². The van der Waals surface area contributed by atoms with Crippen LogP contribution in [0.15, 0.2) is 30.5 Å². The lowest BCUT2D eigenvalue weighted by molar-refractivity contribution is 0.0594. The fourth-order valence-corrected chi connectivity index (χ4v) is 2.19. The second-order valence-electron chi connectivity index (χ2n) is 3.24. The molecule has 0 fully saturated rings. The summed E-state index contributed by atoms with van der Waals surface area (Å²) in [5, 5.41) is 0. The van der Waals surface area contributed by atoms with Gasteiger partial charge in [0.25, 0.3) is 0 Å². The van der Waals surface area contributed by atoms with Crippen LogP contribution in [0.25, 0.3) is 10.4 Å². The number of pyridine rings is 1. The molecule has 2 heterocycles. The minimum atomic E-state index is -0.473. The highest BCUT2D eigenvalue weighted by Gasteiger charge is 2.09. The van der Waals surface area contributed by atoms with Crippen molar-refractivity contribution in [2.45, 2.75) is 0 Å². The van der Waals surface area contributed by atoms with Gasteiger partial charge in [-0.3, -0.25) is 4.79 Å². The first-order valence-electron chi connectivity index (χ1n) is 4.84. The molecule has 0 radical (unpaired) electrons. The molecular weight excluding hydrogens is 238 g/mol. The Hall–Kier alpha value is -2.01. The van der Waals surface area contributed by atoms with Crippen molar-refractivity contribution in [3.8, 4) is 10.4 Å². The molecule has 0 N–H and O–H groups in total. The number of esters is 1. The van der Waals surface area contributed by atoms with Gasteiger partial charge in [0.1, 0.15) is 5.69 Å². The Kier molecular flexibility index (Phi) is 3.30. The van der Waals surface area contributed by atoms with Crippen molar-refractivity contribution in [1.29, 1.82) is 0 Å². The molecule has 0 saturated heterocycles.